The number of likely N-dealkylation sites (N-methyl/N-ethyl adjacent to an activating group) is 1. The summed E-state index contributed by atoms with van der Waals surface area (Å²) < 4.78 is 28.7. The number of benzene rings is 1. The normalized spacial score (nSPS) is 20.0. The van der Waals surface area contributed by atoms with Gasteiger partial charge >= 0.3 is 0 Å². The number of hydrogen-bond donors (Lipinski definition) is 1. The van der Waals surface area contributed by atoms with Crippen molar-refractivity contribution >= 4 is 33.0 Å². The molecule has 1 N–H and O–H groups in total. The van der Waals surface area contributed by atoms with Gasteiger partial charge in [0.25, 0.3) is 0 Å². The molecule has 4 rings (SSSR count). The Morgan fingerprint density at radius 3 is 2.40 bits per heavy atom. The number of carbonyl (C=O) groups is 1. The van der Waals surface area contributed by atoms with Gasteiger partial charge in [-0.25, -0.2) is 13.1 Å². The summed E-state index contributed by atoms with van der Waals surface area (Å²) in [6, 6.07) is 10.7. The molecule has 0 saturated carbocycles. The Hall–Kier alpha value is -1.78. The third-order valence-corrected chi connectivity index (χ3v) is 8.26. The van der Waals surface area contributed by atoms with Crippen LogP contribution in [0.3, 0.4) is 0 Å². The average molecular weight is 449 g/mol. The lowest BCUT2D eigenvalue weighted by Crippen LogP contribution is -2.48. The Morgan fingerprint density at radius 1 is 1.07 bits per heavy atom. The lowest BCUT2D eigenvalue weighted by Gasteiger charge is -2.37. The molecule has 0 aliphatic carbocycles. The summed E-state index contributed by atoms with van der Waals surface area (Å²) >= 11 is 1.66. The van der Waals surface area contributed by atoms with Crippen LogP contribution in [0.15, 0.2) is 46.7 Å². The predicted octanol–water partition coefficient (Wildman–Crippen LogP) is 2.14. The van der Waals surface area contributed by atoms with Crippen LogP contribution in [0.4, 0.5) is 5.69 Å². The van der Waals surface area contributed by atoms with Crippen LogP contribution < -0.4 is 9.62 Å². The van der Waals surface area contributed by atoms with E-state index >= 15 is 0 Å². The lowest BCUT2D eigenvalue weighted by atomic mass is 10.2. The molecule has 7 nitrogen and oxygen atoms in total. The first-order valence-electron chi connectivity index (χ1n) is 10.3. The quantitative estimate of drug-likeness (QED) is 0.703. The summed E-state index contributed by atoms with van der Waals surface area (Å²) in [6.07, 6.45) is 1.40. The highest BCUT2D eigenvalue weighted by Gasteiger charge is 2.27. The molecular formula is C21H28N4O3S2. The van der Waals surface area contributed by atoms with Crippen molar-refractivity contribution < 1.29 is 13.2 Å². The fraction of sp³-hybridized carbons (Fsp3) is 0.476. The number of thiophene rings is 1. The Labute approximate surface area is 182 Å². The average Bonchev–Trinajstić information content (AvgIpc) is 3.42. The summed E-state index contributed by atoms with van der Waals surface area (Å²) in [5.41, 5.74) is 0.755. The number of amides is 1. The van der Waals surface area contributed by atoms with Crippen LogP contribution >= 0.6 is 11.3 Å². The molecule has 1 atom stereocenters. The molecule has 162 valence electrons. The van der Waals surface area contributed by atoms with Gasteiger partial charge in [0.1, 0.15) is 0 Å². The molecule has 2 saturated heterocycles. The molecule has 1 aromatic carbocycles. The largest absolute Gasteiger partial charge is 0.312 e. The standard InChI is InChI=1S/C21H28N4O3S2/c1-23-11-13-24(14-12-23)19(20-4-3-15-29-20)16-22-30(27,28)18-8-6-17(7-9-18)25-10-2-5-21(25)26/h3-4,6-9,15,19,22H,2,5,10-14,16H2,1H3/t19-/m1/s1. The number of nitrogens with zero attached hydrogens (tertiary/aromatic N) is 3. The third-order valence-electron chi connectivity index (χ3n) is 5.85. The molecule has 0 bridgehead atoms. The van der Waals surface area contributed by atoms with Gasteiger partial charge < -0.3 is 9.80 Å². The summed E-state index contributed by atoms with van der Waals surface area (Å²) in [6.45, 7) is 4.81. The molecule has 2 aliphatic rings. The molecule has 9 heteroatoms. The summed E-state index contributed by atoms with van der Waals surface area (Å²) in [5, 5.41) is 2.03. The number of rotatable bonds is 7. The number of nitrogens with one attached hydrogen (secondary N) is 1. The Balaban J connectivity index is 1.45. The lowest BCUT2D eigenvalue weighted by molar-refractivity contribution is -0.117. The van der Waals surface area contributed by atoms with Crippen molar-refractivity contribution in [3.8, 4) is 0 Å². The predicted molar refractivity (Wildman–Crippen MR) is 119 cm³/mol. The minimum atomic E-state index is -3.64. The fourth-order valence-corrected chi connectivity index (χ4v) is 5.92. The van der Waals surface area contributed by atoms with Crippen molar-refractivity contribution in [2.75, 3.05) is 51.2 Å². The van der Waals surface area contributed by atoms with Crippen LogP contribution in [-0.4, -0.2) is 70.4 Å². The van der Waals surface area contributed by atoms with Gasteiger partial charge in [0.15, 0.2) is 0 Å². The highest BCUT2D eigenvalue weighted by atomic mass is 32.2. The maximum Gasteiger partial charge on any atom is 0.240 e. The number of anilines is 1. The molecule has 2 fully saturated rings. The Bertz CT molecular complexity index is 953. The summed E-state index contributed by atoms with van der Waals surface area (Å²) in [7, 11) is -1.52. The first-order chi connectivity index (χ1) is 14.4. The first kappa shape index (κ1) is 21.5. The first-order valence-corrected chi connectivity index (χ1v) is 12.7. The van der Waals surface area contributed by atoms with Gasteiger partial charge in [-0.3, -0.25) is 9.69 Å². The minimum Gasteiger partial charge on any atom is -0.312 e. The van der Waals surface area contributed by atoms with E-state index in [-0.39, 0.29) is 16.8 Å². The maximum absolute atomic E-state index is 12.9. The van der Waals surface area contributed by atoms with Crippen LogP contribution in [0.1, 0.15) is 23.8 Å². The third kappa shape index (κ3) is 4.76. The van der Waals surface area contributed by atoms with Gasteiger partial charge in [-0.2, -0.15) is 0 Å². The number of piperazine rings is 1. The molecule has 0 radical (unpaired) electrons. The van der Waals surface area contributed by atoms with Gasteiger partial charge in [-0.05, 0) is 49.2 Å². The second-order valence-electron chi connectivity index (χ2n) is 7.87. The van der Waals surface area contributed by atoms with Crippen molar-refractivity contribution in [2.45, 2.75) is 23.8 Å². The Morgan fingerprint density at radius 2 is 1.80 bits per heavy atom. The number of carbonyl (C=O) groups excluding carboxylic acids is 1. The molecule has 2 aliphatic heterocycles. The number of hydrogen-bond acceptors (Lipinski definition) is 6. The van der Waals surface area contributed by atoms with Gasteiger partial charge in [0.2, 0.25) is 15.9 Å². The monoisotopic (exact) mass is 448 g/mol. The molecule has 30 heavy (non-hydrogen) atoms. The van der Waals surface area contributed by atoms with Crippen LogP contribution in [0, 0.1) is 0 Å². The summed E-state index contributed by atoms with van der Waals surface area (Å²) in [4.78, 5) is 19.7. The van der Waals surface area contributed by atoms with Crippen LogP contribution in [0.2, 0.25) is 0 Å². The SMILES string of the molecule is CN1CCN([C@H](CNS(=O)(=O)c2ccc(N3CCCC3=O)cc2)c2cccs2)CC1. The topological polar surface area (TPSA) is 73.0 Å². The highest BCUT2D eigenvalue weighted by molar-refractivity contribution is 7.89. The van der Waals surface area contributed by atoms with Crippen molar-refractivity contribution in [1.82, 2.24) is 14.5 Å². The van der Waals surface area contributed by atoms with Crippen LogP contribution in [-0.2, 0) is 14.8 Å². The summed E-state index contributed by atoms with van der Waals surface area (Å²) in [5.74, 6) is 0.0923. The fourth-order valence-electron chi connectivity index (χ4n) is 4.02. The van der Waals surface area contributed by atoms with Crippen molar-refractivity contribution in [3.05, 3.63) is 46.7 Å². The van der Waals surface area contributed by atoms with E-state index in [1.807, 2.05) is 11.4 Å². The van der Waals surface area contributed by atoms with E-state index in [1.165, 1.54) is 4.88 Å². The van der Waals surface area contributed by atoms with Crippen molar-refractivity contribution in [2.24, 2.45) is 0 Å². The van der Waals surface area contributed by atoms with E-state index < -0.39 is 10.0 Å². The van der Waals surface area contributed by atoms with Crippen molar-refractivity contribution in [1.29, 1.82) is 0 Å². The van der Waals surface area contributed by atoms with Crippen LogP contribution in [0.5, 0.6) is 0 Å². The van der Waals surface area contributed by atoms with E-state index in [4.69, 9.17) is 0 Å². The molecule has 0 unspecified atom stereocenters. The molecular weight excluding hydrogens is 420 g/mol. The highest BCUT2D eigenvalue weighted by Crippen LogP contribution is 2.27. The smallest absolute Gasteiger partial charge is 0.240 e. The van der Waals surface area contributed by atoms with Gasteiger partial charge in [-0.15, -0.1) is 11.3 Å². The molecule has 2 aromatic rings. The van der Waals surface area contributed by atoms with E-state index in [2.05, 4.69) is 27.6 Å². The van der Waals surface area contributed by atoms with Gasteiger partial charge in [0, 0.05) is 56.3 Å². The second-order valence-corrected chi connectivity index (χ2v) is 10.6. The zero-order valence-electron chi connectivity index (χ0n) is 17.2. The minimum absolute atomic E-state index is 0.0231. The molecule has 1 amide bonds. The van der Waals surface area contributed by atoms with Crippen molar-refractivity contribution in [3.63, 3.8) is 0 Å². The maximum atomic E-state index is 12.9. The number of sulfonamides is 1. The Kier molecular flexibility index (Phi) is 6.54. The van der Waals surface area contributed by atoms with E-state index in [9.17, 15) is 13.2 Å². The molecule has 0 spiro atoms. The zero-order chi connectivity index (χ0) is 21.1. The molecule has 1 aromatic heterocycles. The van der Waals surface area contributed by atoms with E-state index in [0.717, 1.165) is 38.3 Å². The molecule has 3 heterocycles. The van der Waals surface area contributed by atoms with E-state index in [0.29, 0.717) is 19.5 Å². The van der Waals surface area contributed by atoms with Gasteiger partial charge in [0.05, 0.1) is 10.9 Å². The van der Waals surface area contributed by atoms with Gasteiger partial charge in [-0.1, -0.05) is 6.07 Å². The van der Waals surface area contributed by atoms with Crippen LogP contribution in [0.25, 0.3) is 0 Å². The zero-order valence-corrected chi connectivity index (χ0v) is 18.8. The second kappa shape index (κ2) is 9.15. The van der Waals surface area contributed by atoms with E-state index in [1.54, 1.807) is 40.5 Å².